The van der Waals surface area contributed by atoms with Crippen molar-refractivity contribution in [2.24, 2.45) is 5.92 Å². The summed E-state index contributed by atoms with van der Waals surface area (Å²) in [4.78, 5) is 23.5. The molecule has 0 aromatic carbocycles. The van der Waals surface area contributed by atoms with E-state index in [9.17, 15) is 9.59 Å². The molecule has 1 aromatic heterocycles. The number of amides is 1. The Balaban J connectivity index is 2.44. The predicted molar refractivity (Wildman–Crippen MR) is 81.9 cm³/mol. The average Bonchev–Trinajstić information content (AvgIpc) is 2.77. The van der Waals surface area contributed by atoms with Gasteiger partial charge >= 0.3 is 5.97 Å². The minimum atomic E-state index is -0.529. The fourth-order valence-corrected chi connectivity index (χ4v) is 1.89. The normalized spacial score (nSPS) is 10.7. The molecule has 6 heteroatoms. The molecule has 0 spiro atoms. The van der Waals surface area contributed by atoms with E-state index in [-0.39, 0.29) is 12.5 Å². The number of aromatic nitrogens is 1. The molecule has 0 radical (unpaired) electrons. The first-order valence-electron chi connectivity index (χ1n) is 7.33. The fraction of sp³-hybridized carbons (Fsp3) is 0.600. The van der Waals surface area contributed by atoms with Crippen LogP contribution in [-0.2, 0) is 16.1 Å². The van der Waals surface area contributed by atoms with E-state index in [1.54, 1.807) is 16.8 Å². The summed E-state index contributed by atoms with van der Waals surface area (Å²) in [6.45, 7) is 7.17. The Hall–Kier alpha value is -1.98. The smallest absolute Gasteiger partial charge is 0.355 e. The third kappa shape index (κ3) is 5.89. The first kappa shape index (κ1) is 17.1. The van der Waals surface area contributed by atoms with Crippen LogP contribution in [0.3, 0.4) is 0 Å². The van der Waals surface area contributed by atoms with E-state index in [0.717, 1.165) is 12.8 Å². The number of carbonyl (C=O) groups excluding carboxylic acids is 2. The van der Waals surface area contributed by atoms with Gasteiger partial charge in [-0.15, -0.1) is 0 Å². The van der Waals surface area contributed by atoms with E-state index in [0.29, 0.717) is 30.4 Å². The van der Waals surface area contributed by atoms with Gasteiger partial charge in [-0.1, -0.05) is 20.8 Å². The van der Waals surface area contributed by atoms with Gasteiger partial charge in [-0.25, -0.2) is 4.79 Å². The molecule has 0 atom stereocenters. The van der Waals surface area contributed by atoms with Crippen molar-refractivity contribution in [1.82, 2.24) is 9.88 Å². The van der Waals surface area contributed by atoms with Crippen LogP contribution in [0.25, 0.3) is 0 Å². The Morgan fingerprint density at radius 1 is 1.43 bits per heavy atom. The number of esters is 1. The van der Waals surface area contributed by atoms with Gasteiger partial charge in [0, 0.05) is 19.3 Å². The first-order valence-corrected chi connectivity index (χ1v) is 7.33. The summed E-state index contributed by atoms with van der Waals surface area (Å²) in [5, 5.41) is 2.72. The zero-order valence-corrected chi connectivity index (χ0v) is 13.0. The lowest BCUT2D eigenvalue weighted by Crippen LogP contribution is -2.30. The molecule has 0 saturated heterocycles. The topological polar surface area (TPSA) is 86.3 Å². The molecular weight excluding hydrogens is 270 g/mol. The number of hydrogen-bond acceptors (Lipinski definition) is 4. The molecule has 1 rings (SSSR count). The van der Waals surface area contributed by atoms with Crippen LogP contribution in [0.5, 0.6) is 0 Å². The summed E-state index contributed by atoms with van der Waals surface area (Å²) in [6, 6.07) is 1.56. The molecule has 1 aromatic rings. The lowest BCUT2D eigenvalue weighted by atomic mass is 10.1. The van der Waals surface area contributed by atoms with Crippen molar-refractivity contribution in [1.29, 1.82) is 0 Å². The van der Waals surface area contributed by atoms with E-state index in [2.05, 4.69) is 19.2 Å². The minimum Gasteiger partial charge on any atom is -0.451 e. The Morgan fingerprint density at radius 2 is 2.14 bits per heavy atom. The quantitative estimate of drug-likeness (QED) is 0.716. The fourth-order valence-electron chi connectivity index (χ4n) is 1.89. The number of nitrogens with zero attached hydrogens (tertiary/aromatic N) is 1. The number of nitrogen functional groups attached to an aromatic ring is 1. The van der Waals surface area contributed by atoms with Gasteiger partial charge in [-0.2, -0.15) is 0 Å². The van der Waals surface area contributed by atoms with Gasteiger partial charge < -0.3 is 20.4 Å². The van der Waals surface area contributed by atoms with Gasteiger partial charge in [-0.05, 0) is 24.8 Å². The number of nitrogens with one attached hydrogen (secondary N) is 1. The highest BCUT2D eigenvalue weighted by Crippen LogP contribution is 2.12. The number of aryl methyl sites for hydroxylation is 1. The number of hydrogen-bond donors (Lipinski definition) is 2. The summed E-state index contributed by atoms with van der Waals surface area (Å²) >= 11 is 0. The van der Waals surface area contributed by atoms with Crippen LogP contribution in [0.2, 0.25) is 0 Å². The zero-order chi connectivity index (χ0) is 15.8. The van der Waals surface area contributed by atoms with Gasteiger partial charge in [0.25, 0.3) is 5.91 Å². The van der Waals surface area contributed by atoms with Crippen LogP contribution in [0.15, 0.2) is 12.3 Å². The molecule has 0 aliphatic rings. The summed E-state index contributed by atoms with van der Waals surface area (Å²) in [5.74, 6) is -0.294. The van der Waals surface area contributed by atoms with Gasteiger partial charge in [-0.3, -0.25) is 4.79 Å². The van der Waals surface area contributed by atoms with E-state index in [1.807, 2.05) is 6.92 Å². The van der Waals surface area contributed by atoms with Crippen molar-refractivity contribution < 1.29 is 14.3 Å². The third-order valence-corrected chi connectivity index (χ3v) is 2.97. The molecule has 1 heterocycles. The molecule has 0 aliphatic heterocycles. The Bertz CT molecular complexity index is 481. The summed E-state index contributed by atoms with van der Waals surface area (Å²) in [7, 11) is 0. The van der Waals surface area contributed by atoms with Gasteiger partial charge in [0.15, 0.2) is 6.61 Å². The Labute approximate surface area is 125 Å². The monoisotopic (exact) mass is 295 g/mol. The molecule has 3 N–H and O–H groups in total. The number of anilines is 1. The third-order valence-electron chi connectivity index (χ3n) is 2.97. The van der Waals surface area contributed by atoms with E-state index >= 15 is 0 Å². The molecule has 6 nitrogen and oxygen atoms in total. The van der Waals surface area contributed by atoms with Crippen LogP contribution in [-0.4, -0.2) is 29.6 Å². The molecule has 0 fully saturated rings. The van der Waals surface area contributed by atoms with Crippen LogP contribution < -0.4 is 11.1 Å². The van der Waals surface area contributed by atoms with Crippen molar-refractivity contribution in [3.8, 4) is 0 Å². The van der Waals surface area contributed by atoms with Crippen molar-refractivity contribution in [2.45, 2.75) is 40.2 Å². The van der Waals surface area contributed by atoms with Crippen LogP contribution in [0.4, 0.5) is 5.69 Å². The largest absolute Gasteiger partial charge is 0.451 e. The molecule has 0 bridgehead atoms. The molecule has 0 unspecified atom stereocenters. The molecule has 21 heavy (non-hydrogen) atoms. The van der Waals surface area contributed by atoms with Crippen LogP contribution in [0.1, 0.15) is 44.1 Å². The van der Waals surface area contributed by atoms with Gasteiger partial charge in [0.2, 0.25) is 0 Å². The minimum absolute atomic E-state index is 0.270. The van der Waals surface area contributed by atoms with Gasteiger partial charge in [0.1, 0.15) is 5.69 Å². The van der Waals surface area contributed by atoms with Gasteiger partial charge in [0.05, 0.1) is 5.69 Å². The van der Waals surface area contributed by atoms with Crippen LogP contribution in [0, 0.1) is 5.92 Å². The molecule has 1 amide bonds. The Kier molecular flexibility index (Phi) is 6.78. The molecular formula is C15H25N3O3. The lowest BCUT2D eigenvalue weighted by molar-refractivity contribution is -0.124. The van der Waals surface area contributed by atoms with Crippen molar-refractivity contribution in [3.63, 3.8) is 0 Å². The number of nitrogens with two attached hydrogens (primary N) is 1. The number of carbonyl (C=O) groups is 2. The summed E-state index contributed by atoms with van der Waals surface area (Å²) in [6.07, 6.45) is 3.47. The van der Waals surface area contributed by atoms with Crippen molar-refractivity contribution >= 4 is 17.6 Å². The lowest BCUT2D eigenvalue weighted by Gasteiger charge is -2.09. The summed E-state index contributed by atoms with van der Waals surface area (Å²) in [5.41, 5.74) is 6.58. The zero-order valence-electron chi connectivity index (χ0n) is 13.0. The maximum atomic E-state index is 12.0. The van der Waals surface area contributed by atoms with E-state index in [4.69, 9.17) is 10.5 Å². The molecule has 118 valence electrons. The highest BCUT2D eigenvalue weighted by atomic mass is 16.5. The molecule has 0 saturated carbocycles. The molecule has 0 aliphatic carbocycles. The SMILES string of the molecule is CCCn1cc(N)cc1C(=O)OCC(=O)NCCC(C)C. The second-order valence-electron chi connectivity index (χ2n) is 5.46. The highest BCUT2D eigenvalue weighted by molar-refractivity contribution is 5.91. The second-order valence-corrected chi connectivity index (χ2v) is 5.46. The highest BCUT2D eigenvalue weighted by Gasteiger charge is 2.15. The first-order chi connectivity index (χ1) is 9.93. The Morgan fingerprint density at radius 3 is 2.76 bits per heavy atom. The number of ether oxygens (including phenoxy) is 1. The number of rotatable bonds is 8. The second kappa shape index (κ2) is 8.34. The standard InChI is InChI=1S/C15H25N3O3/c1-4-7-18-9-12(16)8-13(18)15(20)21-10-14(19)17-6-5-11(2)3/h8-9,11H,4-7,10,16H2,1-3H3,(H,17,19). The predicted octanol–water partition coefficient (Wildman–Crippen LogP) is 1.80. The van der Waals surface area contributed by atoms with E-state index in [1.165, 1.54) is 0 Å². The maximum absolute atomic E-state index is 12.0. The maximum Gasteiger partial charge on any atom is 0.355 e. The summed E-state index contributed by atoms with van der Waals surface area (Å²) < 4.78 is 6.76. The van der Waals surface area contributed by atoms with E-state index < -0.39 is 5.97 Å². The van der Waals surface area contributed by atoms with Crippen molar-refractivity contribution in [3.05, 3.63) is 18.0 Å². The van der Waals surface area contributed by atoms with Crippen LogP contribution >= 0.6 is 0 Å². The average molecular weight is 295 g/mol. The van der Waals surface area contributed by atoms with Crippen molar-refractivity contribution in [2.75, 3.05) is 18.9 Å².